The third-order valence-corrected chi connectivity index (χ3v) is 3.97. The lowest BCUT2D eigenvalue weighted by molar-refractivity contribution is 0.0925. The van der Waals surface area contributed by atoms with E-state index in [9.17, 15) is 14.7 Å². The molecule has 2 aromatic rings. The highest BCUT2D eigenvalue weighted by molar-refractivity contribution is 6.35. The average molecular weight is 281 g/mol. The first-order valence-electron chi connectivity index (χ1n) is 6.71. The summed E-state index contributed by atoms with van der Waals surface area (Å²) >= 11 is 0. The van der Waals surface area contributed by atoms with Crippen molar-refractivity contribution < 1.29 is 14.7 Å². The maximum absolute atomic E-state index is 12.7. The molecule has 0 aromatic heterocycles. The highest BCUT2D eigenvalue weighted by Gasteiger charge is 2.39. The van der Waals surface area contributed by atoms with Crippen molar-refractivity contribution in [2.75, 3.05) is 4.90 Å². The molecule has 2 amide bonds. The molecule has 1 N–H and O–H groups in total. The predicted molar refractivity (Wildman–Crippen MR) is 79.9 cm³/mol. The van der Waals surface area contributed by atoms with E-state index in [1.54, 1.807) is 19.1 Å². The molecule has 4 heteroatoms. The van der Waals surface area contributed by atoms with Gasteiger partial charge < -0.3 is 5.11 Å². The van der Waals surface area contributed by atoms with Gasteiger partial charge in [0, 0.05) is 5.56 Å². The summed E-state index contributed by atoms with van der Waals surface area (Å²) in [5, 5.41) is 9.81. The van der Waals surface area contributed by atoms with Crippen molar-refractivity contribution in [2.24, 2.45) is 0 Å². The van der Waals surface area contributed by atoms with Gasteiger partial charge in [0.25, 0.3) is 11.8 Å². The summed E-state index contributed by atoms with van der Waals surface area (Å²) in [7, 11) is 0. The Kier molecular flexibility index (Phi) is 2.83. The lowest BCUT2D eigenvalue weighted by Crippen LogP contribution is -2.30. The van der Waals surface area contributed by atoms with E-state index in [-0.39, 0.29) is 17.6 Å². The third kappa shape index (κ3) is 1.76. The lowest BCUT2D eigenvalue weighted by atomic mass is 9.99. The van der Waals surface area contributed by atoms with E-state index in [2.05, 4.69) is 0 Å². The van der Waals surface area contributed by atoms with Crippen LogP contribution in [-0.2, 0) is 0 Å². The first-order chi connectivity index (χ1) is 9.93. The molecule has 1 aliphatic heterocycles. The summed E-state index contributed by atoms with van der Waals surface area (Å²) < 4.78 is 0. The first-order valence-corrected chi connectivity index (χ1v) is 6.71. The van der Waals surface area contributed by atoms with Gasteiger partial charge in [0.1, 0.15) is 5.75 Å². The molecule has 1 aliphatic rings. The van der Waals surface area contributed by atoms with Gasteiger partial charge in [-0.15, -0.1) is 0 Å². The fourth-order valence-corrected chi connectivity index (χ4v) is 2.75. The normalized spacial score (nSPS) is 13.8. The van der Waals surface area contributed by atoms with Gasteiger partial charge in [-0.1, -0.05) is 18.2 Å². The topological polar surface area (TPSA) is 57.6 Å². The number of rotatable bonds is 1. The van der Waals surface area contributed by atoms with Crippen LogP contribution in [0.1, 0.15) is 37.4 Å². The fraction of sp³-hybridized carbons (Fsp3) is 0.176. The Morgan fingerprint density at radius 3 is 1.90 bits per heavy atom. The molecule has 0 saturated heterocycles. The zero-order chi connectivity index (χ0) is 15.3. The molecule has 0 bridgehead atoms. The molecule has 0 spiro atoms. The van der Waals surface area contributed by atoms with Crippen LogP contribution in [0.25, 0.3) is 0 Å². The minimum Gasteiger partial charge on any atom is -0.508 e. The number of aromatic hydroxyl groups is 1. The van der Waals surface area contributed by atoms with Crippen LogP contribution in [0.2, 0.25) is 0 Å². The van der Waals surface area contributed by atoms with Crippen LogP contribution in [0, 0.1) is 20.8 Å². The van der Waals surface area contributed by atoms with Crippen molar-refractivity contribution in [1.29, 1.82) is 0 Å². The standard InChI is InChI=1S/C17H15NO3/c1-9-7-8-10(2)15-14(9)16(20)18(17(15)21)12-5-4-6-13(19)11(12)3/h4-8,19H,1-3H3. The van der Waals surface area contributed by atoms with Gasteiger partial charge in [-0.05, 0) is 44.0 Å². The molecule has 0 fully saturated rings. The smallest absolute Gasteiger partial charge is 0.266 e. The van der Waals surface area contributed by atoms with Crippen LogP contribution in [-0.4, -0.2) is 16.9 Å². The number of benzene rings is 2. The molecule has 1 heterocycles. The summed E-state index contributed by atoms with van der Waals surface area (Å²) in [5.74, 6) is -0.590. The van der Waals surface area contributed by atoms with Crippen LogP contribution in [0.5, 0.6) is 5.75 Å². The third-order valence-electron chi connectivity index (χ3n) is 3.97. The number of aryl methyl sites for hydroxylation is 2. The van der Waals surface area contributed by atoms with Crippen molar-refractivity contribution in [3.8, 4) is 5.75 Å². The number of fused-ring (bicyclic) bond motifs is 1. The minimum atomic E-state index is -0.329. The maximum atomic E-state index is 12.7. The van der Waals surface area contributed by atoms with E-state index < -0.39 is 0 Å². The fourth-order valence-electron chi connectivity index (χ4n) is 2.75. The molecule has 0 aliphatic carbocycles. The molecule has 0 atom stereocenters. The Hall–Kier alpha value is -2.62. The number of imide groups is 1. The number of phenolic OH excluding ortho intramolecular Hbond substituents is 1. The van der Waals surface area contributed by atoms with Crippen molar-refractivity contribution in [3.05, 3.63) is 58.1 Å². The summed E-state index contributed by atoms with van der Waals surface area (Å²) in [4.78, 5) is 26.5. The van der Waals surface area contributed by atoms with Crippen LogP contribution in [0.15, 0.2) is 30.3 Å². The van der Waals surface area contributed by atoms with Gasteiger partial charge in [0.15, 0.2) is 0 Å². The molecule has 3 rings (SSSR count). The molecule has 106 valence electrons. The van der Waals surface area contributed by atoms with E-state index in [0.717, 1.165) is 16.0 Å². The number of hydrogen-bond donors (Lipinski definition) is 1. The van der Waals surface area contributed by atoms with Gasteiger partial charge in [0.05, 0.1) is 16.8 Å². The second-order valence-electron chi connectivity index (χ2n) is 5.32. The SMILES string of the molecule is Cc1ccc(C)c2c1C(=O)N(c1cccc(O)c1C)C2=O. The van der Waals surface area contributed by atoms with E-state index >= 15 is 0 Å². The maximum Gasteiger partial charge on any atom is 0.266 e. The van der Waals surface area contributed by atoms with Gasteiger partial charge in [-0.2, -0.15) is 0 Å². The van der Waals surface area contributed by atoms with Gasteiger partial charge >= 0.3 is 0 Å². The lowest BCUT2D eigenvalue weighted by Gasteiger charge is -2.17. The van der Waals surface area contributed by atoms with E-state index in [0.29, 0.717) is 22.4 Å². The van der Waals surface area contributed by atoms with E-state index in [4.69, 9.17) is 0 Å². The number of amides is 2. The van der Waals surface area contributed by atoms with Gasteiger partial charge in [-0.3, -0.25) is 9.59 Å². The largest absolute Gasteiger partial charge is 0.508 e. The number of carbonyl (C=O) groups is 2. The highest BCUT2D eigenvalue weighted by atomic mass is 16.3. The van der Waals surface area contributed by atoms with E-state index in [1.165, 1.54) is 6.07 Å². The van der Waals surface area contributed by atoms with Crippen LogP contribution < -0.4 is 4.90 Å². The Bertz CT molecular complexity index is 752. The number of anilines is 1. The van der Waals surface area contributed by atoms with Crippen molar-refractivity contribution in [1.82, 2.24) is 0 Å². The molecule has 0 unspecified atom stereocenters. The summed E-state index contributed by atoms with van der Waals surface area (Å²) in [6.45, 7) is 5.33. The molecular formula is C17H15NO3. The zero-order valence-electron chi connectivity index (χ0n) is 12.1. The molecule has 4 nitrogen and oxygen atoms in total. The molecule has 0 radical (unpaired) electrons. The van der Waals surface area contributed by atoms with Crippen LogP contribution in [0.4, 0.5) is 5.69 Å². The van der Waals surface area contributed by atoms with Crippen LogP contribution >= 0.6 is 0 Å². The Morgan fingerprint density at radius 2 is 1.38 bits per heavy atom. The van der Waals surface area contributed by atoms with E-state index in [1.807, 2.05) is 26.0 Å². The summed E-state index contributed by atoms with van der Waals surface area (Å²) in [5.41, 5.74) is 3.44. The monoisotopic (exact) mass is 281 g/mol. The second-order valence-corrected chi connectivity index (χ2v) is 5.32. The number of hydrogen-bond acceptors (Lipinski definition) is 3. The Balaban J connectivity index is 2.23. The van der Waals surface area contributed by atoms with Gasteiger partial charge in [0.2, 0.25) is 0 Å². The van der Waals surface area contributed by atoms with Crippen molar-refractivity contribution in [2.45, 2.75) is 20.8 Å². The molecular weight excluding hydrogens is 266 g/mol. The number of carbonyl (C=O) groups excluding carboxylic acids is 2. The Morgan fingerprint density at radius 1 is 0.857 bits per heavy atom. The van der Waals surface area contributed by atoms with Crippen LogP contribution in [0.3, 0.4) is 0 Å². The molecule has 21 heavy (non-hydrogen) atoms. The quantitative estimate of drug-likeness (QED) is 0.817. The summed E-state index contributed by atoms with van der Waals surface area (Å²) in [6.07, 6.45) is 0. The first kappa shape index (κ1) is 13.4. The molecule has 2 aromatic carbocycles. The zero-order valence-corrected chi connectivity index (χ0v) is 12.1. The molecule has 0 saturated carbocycles. The highest BCUT2D eigenvalue weighted by Crippen LogP contribution is 2.35. The minimum absolute atomic E-state index is 0.0671. The number of phenols is 1. The van der Waals surface area contributed by atoms with Gasteiger partial charge in [-0.25, -0.2) is 4.90 Å². The second kappa shape index (κ2) is 4.45. The predicted octanol–water partition coefficient (Wildman–Crippen LogP) is 3.12. The summed E-state index contributed by atoms with van der Waals surface area (Å²) in [6, 6.07) is 8.52. The number of nitrogens with zero attached hydrogens (tertiary/aromatic N) is 1. The Labute approximate surface area is 122 Å². The van der Waals surface area contributed by atoms with Crippen molar-refractivity contribution >= 4 is 17.5 Å². The average Bonchev–Trinajstić information content (AvgIpc) is 2.71. The van der Waals surface area contributed by atoms with Crippen molar-refractivity contribution in [3.63, 3.8) is 0 Å².